The molecule has 0 spiro atoms. The third-order valence-corrected chi connectivity index (χ3v) is 3.75. The van der Waals surface area contributed by atoms with Gasteiger partial charge in [0.15, 0.2) is 0 Å². The summed E-state index contributed by atoms with van der Waals surface area (Å²) in [6.07, 6.45) is 2.09. The number of benzene rings is 2. The fourth-order valence-electron chi connectivity index (χ4n) is 2.27. The van der Waals surface area contributed by atoms with Crippen LogP contribution in [0.3, 0.4) is 0 Å². The highest BCUT2D eigenvalue weighted by molar-refractivity contribution is 6.30. The zero-order chi connectivity index (χ0) is 14.4. The Morgan fingerprint density at radius 2 is 1.70 bits per heavy atom. The molecule has 0 saturated heterocycles. The van der Waals surface area contributed by atoms with Crippen LogP contribution in [0.4, 0.5) is 0 Å². The van der Waals surface area contributed by atoms with Crippen molar-refractivity contribution in [2.24, 2.45) is 0 Å². The lowest BCUT2D eigenvalue weighted by Crippen LogP contribution is -2.27. The highest BCUT2D eigenvalue weighted by atomic mass is 35.5. The van der Waals surface area contributed by atoms with Crippen molar-refractivity contribution >= 4 is 11.6 Å². The van der Waals surface area contributed by atoms with E-state index in [2.05, 4.69) is 49.5 Å². The number of aryl methyl sites for hydroxylation is 1. The van der Waals surface area contributed by atoms with Crippen LogP contribution in [0.15, 0.2) is 48.5 Å². The summed E-state index contributed by atoms with van der Waals surface area (Å²) in [6, 6.07) is 17.3. The predicted octanol–water partition coefficient (Wildman–Crippen LogP) is 4.62. The zero-order valence-electron chi connectivity index (χ0n) is 12.2. The van der Waals surface area contributed by atoms with Crippen LogP contribution in [-0.2, 0) is 19.4 Å². The third-order valence-electron chi connectivity index (χ3n) is 3.52. The Morgan fingerprint density at radius 1 is 1.00 bits per heavy atom. The van der Waals surface area contributed by atoms with Gasteiger partial charge in [0.25, 0.3) is 0 Å². The summed E-state index contributed by atoms with van der Waals surface area (Å²) < 4.78 is 0. The molecule has 0 aromatic heterocycles. The second kappa shape index (κ2) is 7.47. The Morgan fingerprint density at radius 3 is 2.35 bits per heavy atom. The summed E-state index contributed by atoms with van der Waals surface area (Å²) in [6.45, 7) is 5.30. The van der Waals surface area contributed by atoms with Crippen LogP contribution in [0.5, 0.6) is 0 Å². The maximum atomic E-state index is 6.01. The van der Waals surface area contributed by atoms with E-state index in [1.165, 1.54) is 16.7 Å². The molecule has 2 rings (SSSR count). The van der Waals surface area contributed by atoms with Crippen molar-refractivity contribution in [1.82, 2.24) is 5.32 Å². The second-order valence-corrected chi connectivity index (χ2v) is 5.72. The van der Waals surface area contributed by atoms with E-state index in [0.29, 0.717) is 6.04 Å². The molecule has 0 radical (unpaired) electrons. The lowest BCUT2D eigenvalue weighted by Gasteiger charge is -2.14. The molecule has 1 atom stereocenters. The third kappa shape index (κ3) is 4.66. The van der Waals surface area contributed by atoms with Crippen LogP contribution in [0.25, 0.3) is 0 Å². The Balaban J connectivity index is 1.83. The van der Waals surface area contributed by atoms with Crippen LogP contribution >= 0.6 is 11.6 Å². The van der Waals surface area contributed by atoms with Crippen molar-refractivity contribution in [2.75, 3.05) is 0 Å². The summed E-state index contributed by atoms with van der Waals surface area (Å²) in [5.74, 6) is 0. The van der Waals surface area contributed by atoms with Gasteiger partial charge >= 0.3 is 0 Å². The van der Waals surface area contributed by atoms with Crippen LogP contribution in [0.1, 0.15) is 30.5 Å². The molecule has 20 heavy (non-hydrogen) atoms. The minimum absolute atomic E-state index is 0.430. The molecule has 1 N–H and O–H groups in total. The number of rotatable bonds is 6. The van der Waals surface area contributed by atoms with Crippen molar-refractivity contribution in [3.05, 3.63) is 70.2 Å². The normalized spacial score (nSPS) is 12.3. The second-order valence-electron chi connectivity index (χ2n) is 5.29. The van der Waals surface area contributed by atoms with Crippen molar-refractivity contribution in [3.8, 4) is 0 Å². The van der Waals surface area contributed by atoms with E-state index < -0.39 is 0 Å². The molecule has 1 unspecified atom stereocenters. The van der Waals surface area contributed by atoms with Gasteiger partial charge in [-0.15, -0.1) is 0 Å². The summed E-state index contributed by atoms with van der Waals surface area (Å²) in [5.41, 5.74) is 4.00. The molecule has 2 heteroatoms. The van der Waals surface area contributed by atoms with E-state index in [-0.39, 0.29) is 0 Å². The van der Waals surface area contributed by atoms with Gasteiger partial charge in [0.05, 0.1) is 0 Å². The molecular weight excluding hydrogens is 266 g/mol. The molecule has 0 heterocycles. The summed E-state index contributed by atoms with van der Waals surface area (Å²) in [7, 11) is 0. The number of nitrogens with one attached hydrogen (secondary N) is 1. The number of halogens is 1. The standard InChI is InChI=1S/C18H22ClN/c1-3-15-7-9-16(10-8-15)13-20-14(2)11-17-5-4-6-18(19)12-17/h4-10,12,14,20H,3,11,13H2,1-2H3. The van der Waals surface area contributed by atoms with E-state index in [1.54, 1.807) is 0 Å². The Labute approximate surface area is 127 Å². The fourth-order valence-corrected chi connectivity index (χ4v) is 2.49. The molecule has 0 fully saturated rings. The van der Waals surface area contributed by atoms with Gasteiger partial charge in [-0.2, -0.15) is 0 Å². The van der Waals surface area contributed by atoms with Gasteiger partial charge in [0, 0.05) is 17.6 Å². The quantitative estimate of drug-likeness (QED) is 0.817. The van der Waals surface area contributed by atoms with Gasteiger partial charge < -0.3 is 5.32 Å². The summed E-state index contributed by atoms with van der Waals surface area (Å²) in [5, 5.41) is 4.37. The summed E-state index contributed by atoms with van der Waals surface area (Å²) >= 11 is 6.01. The molecule has 0 amide bonds. The first kappa shape index (κ1) is 15.1. The Hall–Kier alpha value is -1.31. The Kier molecular flexibility index (Phi) is 5.63. The van der Waals surface area contributed by atoms with E-state index in [9.17, 15) is 0 Å². The van der Waals surface area contributed by atoms with Crippen molar-refractivity contribution in [3.63, 3.8) is 0 Å². The maximum Gasteiger partial charge on any atom is 0.0408 e. The molecule has 106 valence electrons. The van der Waals surface area contributed by atoms with Crippen LogP contribution < -0.4 is 5.32 Å². The molecule has 0 saturated carbocycles. The van der Waals surface area contributed by atoms with Crippen LogP contribution in [0.2, 0.25) is 5.02 Å². The van der Waals surface area contributed by atoms with Gasteiger partial charge in [0.1, 0.15) is 0 Å². The maximum absolute atomic E-state index is 6.01. The van der Waals surface area contributed by atoms with Gasteiger partial charge in [-0.25, -0.2) is 0 Å². The van der Waals surface area contributed by atoms with Crippen molar-refractivity contribution in [1.29, 1.82) is 0 Å². The van der Waals surface area contributed by atoms with Crippen LogP contribution in [0, 0.1) is 0 Å². The lowest BCUT2D eigenvalue weighted by atomic mass is 10.1. The van der Waals surface area contributed by atoms with E-state index in [1.807, 2.05) is 18.2 Å². The summed E-state index contributed by atoms with van der Waals surface area (Å²) in [4.78, 5) is 0. The molecule has 1 nitrogen and oxygen atoms in total. The average Bonchev–Trinajstić information content (AvgIpc) is 2.46. The van der Waals surface area contributed by atoms with E-state index >= 15 is 0 Å². The Bertz CT molecular complexity index is 533. The van der Waals surface area contributed by atoms with Gasteiger partial charge in [0.2, 0.25) is 0 Å². The highest BCUT2D eigenvalue weighted by Gasteiger charge is 2.04. The monoisotopic (exact) mass is 287 g/mol. The molecule has 0 aliphatic rings. The highest BCUT2D eigenvalue weighted by Crippen LogP contribution is 2.12. The molecule has 0 aliphatic heterocycles. The molecule has 2 aromatic carbocycles. The minimum atomic E-state index is 0.430. The van der Waals surface area contributed by atoms with Crippen molar-refractivity contribution in [2.45, 2.75) is 39.3 Å². The molecule has 0 bridgehead atoms. The SMILES string of the molecule is CCc1ccc(CNC(C)Cc2cccc(Cl)c2)cc1. The molecule has 0 aliphatic carbocycles. The number of hydrogen-bond acceptors (Lipinski definition) is 1. The minimum Gasteiger partial charge on any atom is -0.310 e. The van der Waals surface area contributed by atoms with Crippen LogP contribution in [-0.4, -0.2) is 6.04 Å². The zero-order valence-corrected chi connectivity index (χ0v) is 13.0. The average molecular weight is 288 g/mol. The first-order chi connectivity index (χ1) is 9.67. The fraction of sp³-hybridized carbons (Fsp3) is 0.333. The smallest absolute Gasteiger partial charge is 0.0408 e. The van der Waals surface area contributed by atoms with Gasteiger partial charge in [-0.05, 0) is 48.6 Å². The lowest BCUT2D eigenvalue weighted by molar-refractivity contribution is 0.545. The largest absolute Gasteiger partial charge is 0.310 e. The van der Waals surface area contributed by atoms with Crippen molar-refractivity contribution < 1.29 is 0 Å². The predicted molar refractivity (Wildman–Crippen MR) is 87.3 cm³/mol. The topological polar surface area (TPSA) is 12.0 Å². The van der Waals surface area contributed by atoms with E-state index in [0.717, 1.165) is 24.4 Å². The molecule has 2 aromatic rings. The van der Waals surface area contributed by atoms with Gasteiger partial charge in [-0.3, -0.25) is 0 Å². The van der Waals surface area contributed by atoms with Gasteiger partial charge in [-0.1, -0.05) is 54.9 Å². The molecular formula is C18H22ClN. The first-order valence-electron chi connectivity index (χ1n) is 7.23. The first-order valence-corrected chi connectivity index (χ1v) is 7.61. The number of hydrogen-bond donors (Lipinski definition) is 1. The van der Waals surface area contributed by atoms with E-state index in [4.69, 9.17) is 11.6 Å².